The third-order valence-corrected chi connectivity index (χ3v) is 4.98. The van der Waals surface area contributed by atoms with Crippen LogP contribution >= 0.6 is 43.5 Å². The van der Waals surface area contributed by atoms with Crippen LogP contribution in [-0.2, 0) is 0 Å². The highest BCUT2D eigenvalue weighted by atomic mass is 79.9. The second-order valence-electron chi connectivity index (χ2n) is 5.27. The van der Waals surface area contributed by atoms with Gasteiger partial charge < -0.3 is 0 Å². The van der Waals surface area contributed by atoms with Gasteiger partial charge in [0.25, 0.3) is 0 Å². The highest BCUT2D eigenvalue weighted by Crippen LogP contribution is 2.38. The van der Waals surface area contributed by atoms with Crippen molar-refractivity contribution in [2.45, 2.75) is 33.1 Å². The summed E-state index contributed by atoms with van der Waals surface area (Å²) in [5, 5.41) is -0.115. The molecule has 0 spiro atoms. The second-order valence-corrected chi connectivity index (χ2v) is 7.54. The monoisotopic (exact) mass is 414 g/mol. The zero-order valence-electron chi connectivity index (χ0n) is 12.0. The Morgan fingerprint density at radius 3 is 1.20 bits per heavy atom. The van der Waals surface area contributed by atoms with E-state index in [2.05, 4.69) is 83.8 Å². The summed E-state index contributed by atoms with van der Waals surface area (Å²) in [6, 6.07) is 8.50. The molecular weight excluding hydrogens is 399 g/mol. The molecule has 0 bridgehead atoms. The Bertz CT molecular complexity index is 559. The summed E-state index contributed by atoms with van der Waals surface area (Å²) < 4.78 is 2.20. The van der Waals surface area contributed by atoms with Gasteiger partial charge in [-0.2, -0.15) is 0 Å². The van der Waals surface area contributed by atoms with Crippen LogP contribution in [0.3, 0.4) is 0 Å². The molecule has 0 aliphatic rings. The molecule has 0 saturated heterocycles. The van der Waals surface area contributed by atoms with E-state index in [1.807, 2.05) is 0 Å². The van der Waals surface area contributed by atoms with Gasteiger partial charge in [-0.15, -0.1) is 11.6 Å². The van der Waals surface area contributed by atoms with Crippen molar-refractivity contribution in [2.24, 2.45) is 0 Å². The third kappa shape index (κ3) is 3.13. The van der Waals surface area contributed by atoms with Gasteiger partial charge in [0.2, 0.25) is 0 Å². The van der Waals surface area contributed by atoms with Crippen LogP contribution in [0.4, 0.5) is 0 Å². The summed E-state index contributed by atoms with van der Waals surface area (Å²) in [4.78, 5) is 0. The molecule has 3 heteroatoms. The van der Waals surface area contributed by atoms with E-state index in [4.69, 9.17) is 11.6 Å². The Balaban J connectivity index is 2.61. The molecule has 0 heterocycles. The second kappa shape index (κ2) is 6.21. The minimum Gasteiger partial charge on any atom is -0.113 e. The largest absolute Gasteiger partial charge is 0.113 e. The van der Waals surface area contributed by atoms with Crippen LogP contribution in [0.1, 0.15) is 38.8 Å². The molecule has 0 unspecified atom stereocenters. The van der Waals surface area contributed by atoms with Crippen molar-refractivity contribution in [3.8, 4) is 0 Å². The number of halogens is 3. The number of alkyl halides is 1. The van der Waals surface area contributed by atoms with Crippen molar-refractivity contribution in [1.82, 2.24) is 0 Å². The molecule has 0 radical (unpaired) electrons. The molecule has 0 N–H and O–H groups in total. The molecule has 2 rings (SSSR count). The quantitative estimate of drug-likeness (QED) is 0.474. The highest BCUT2D eigenvalue weighted by molar-refractivity contribution is 9.10. The van der Waals surface area contributed by atoms with E-state index in [9.17, 15) is 0 Å². The summed E-state index contributed by atoms with van der Waals surface area (Å²) in [5.74, 6) is 0. The normalized spacial score (nSPS) is 11.2. The van der Waals surface area contributed by atoms with Gasteiger partial charge in [-0.05, 0) is 85.3 Å². The van der Waals surface area contributed by atoms with Gasteiger partial charge in [-0.1, -0.05) is 31.9 Å². The average molecular weight is 417 g/mol. The van der Waals surface area contributed by atoms with Crippen LogP contribution < -0.4 is 0 Å². The van der Waals surface area contributed by atoms with Gasteiger partial charge in [0.05, 0.1) is 5.38 Å². The zero-order valence-corrected chi connectivity index (χ0v) is 15.9. The topological polar surface area (TPSA) is 0 Å². The molecule has 0 amide bonds. The van der Waals surface area contributed by atoms with Crippen molar-refractivity contribution in [1.29, 1.82) is 0 Å². The molecule has 2 aromatic rings. The number of hydrogen-bond acceptors (Lipinski definition) is 0. The van der Waals surface area contributed by atoms with Gasteiger partial charge in [-0.3, -0.25) is 0 Å². The fraction of sp³-hybridized carbons (Fsp3) is 0.294. The SMILES string of the molecule is Cc1cc(Br)cc(C)c1C(Cl)c1c(C)cc(Br)cc1C. The van der Waals surface area contributed by atoms with E-state index in [-0.39, 0.29) is 5.38 Å². The summed E-state index contributed by atoms with van der Waals surface area (Å²) in [6.45, 7) is 8.47. The fourth-order valence-electron chi connectivity index (χ4n) is 2.79. The molecule has 0 fully saturated rings. The first-order valence-electron chi connectivity index (χ1n) is 6.48. The predicted octanol–water partition coefficient (Wildman–Crippen LogP) is 6.77. The Morgan fingerprint density at radius 1 is 0.700 bits per heavy atom. The Hall–Kier alpha value is -0.310. The van der Waals surface area contributed by atoms with Crippen LogP contribution in [-0.4, -0.2) is 0 Å². The highest BCUT2D eigenvalue weighted by Gasteiger charge is 2.20. The Kier molecular flexibility index (Phi) is 4.99. The lowest BCUT2D eigenvalue weighted by Crippen LogP contribution is -2.04. The lowest BCUT2D eigenvalue weighted by Gasteiger charge is -2.21. The lowest BCUT2D eigenvalue weighted by atomic mass is 9.91. The van der Waals surface area contributed by atoms with Crippen LogP contribution in [0.5, 0.6) is 0 Å². The van der Waals surface area contributed by atoms with Gasteiger partial charge in [0, 0.05) is 8.95 Å². The van der Waals surface area contributed by atoms with Crippen molar-refractivity contribution in [2.75, 3.05) is 0 Å². The summed E-state index contributed by atoms with van der Waals surface area (Å²) in [5.41, 5.74) is 7.31. The average Bonchev–Trinajstić information content (AvgIpc) is 2.25. The fourth-order valence-corrected chi connectivity index (χ4v) is 4.85. The summed E-state index contributed by atoms with van der Waals surface area (Å²) in [7, 11) is 0. The van der Waals surface area contributed by atoms with E-state index in [0.29, 0.717) is 0 Å². The van der Waals surface area contributed by atoms with Crippen LogP contribution in [0.25, 0.3) is 0 Å². The van der Waals surface area contributed by atoms with E-state index >= 15 is 0 Å². The van der Waals surface area contributed by atoms with Crippen LogP contribution in [0.2, 0.25) is 0 Å². The van der Waals surface area contributed by atoms with Gasteiger partial charge in [0.1, 0.15) is 0 Å². The molecule has 0 aliphatic heterocycles. The molecule has 0 aliphatic carbocycles. The molecular formula is C17H17Br2Cl. The first kappa shape index (κ1) is 16.1. The first-order chi connectivity index (χ1) is 9.31. The van der Waals surface area contributed by atoms with Gasteiger partial charge in [-0.25, -0.2) is 0 Å². The van der Waals surface area contributed by atoms with E-state index < -0.39 is 0 Å². The van der Waals surface area contributed by atoms with Crippen molar-refractivity contribution in [3.05, 3.63) is 66.6 Å². The standard InChI is InChI=1S/C17H17Br2Cl/c1-9-5-13(18)6-10(2)15(9)17(20)16-11(3)7-14(19)8-12(16)4/h5-8,17H,1-4H3. The van der Waals surface area contributed by atoms with E-state index in [1.54, 1.807) is 0 Å². The first-order valence-corrected chi connectivity index (χ1v) is 8.51. The van der Waals surface area contributed by atoms with E-state index in [1.165, 1.54) is 33.4 Å². The number of hydrogen-bond donors (Lipinski definition) is 0. The molecule has 0 nitrogen and oxygen atoms in total. The minimum atomic E-state index is -0.115. The Labute approximate surface area is 142 Å². The molecule has 0 aromatic heterocycles. The maximum absolute atomic E-state index is 6.83. The Morgan fingerprint density at radius 2 is 0.950 bits per heavy atom. The molecule has 2 aromatic carbocycles. The van der Waals surface area contributed by atoms with E-state index in [0.717, 1.165) is 8.95 Å². The number of aryl methyl sites for hydroxylation is 4. The van der Waals surface area contributed by atoms with Gasteiger partial charge >= 0.3 is 0 Å². The van der Waals surface area contributed by atoms with Crippen molar-refractivity contribution >= 4 is 43.5 Å². The van der Waals surface area contributed by atoms with Gasteiger partial charge in [0.15, 0.2) is 0 Å². The van der Waals surface area contributed by atoms with Crippen LogP contribution in [0.15, 0.2) is 33.2 Å². The minimum absolute atomic E-state index is 0.115. The molecule has 106 valence electrons. The van der Waals surface area contributed by atoms with Crippen LogP contribution in [0, 0.1) is 27.7 Å². The summed E-state index contributed by atoms with van der Waals surface area (Å²) in [6.07, 6.45) is 0. The maximum Gasteiger partial charge on any atom is 0.0845 e. The van der Waals surface area contributed by atoms with Crippen molar-refractivity contribution in [3.63, 3.8) is 0 Å². The number of rotatable bonds is 2. The smallest absolute Gasteiger partial charge is 0.0845 e. The third-order valence-electron chi connectivity index (χ3n) is 3.62. The molecule has 20 heavy (non-hydrogen) atoms. The lowest BCUT2D eigenvalue weighted by molar-refractivity contribution is 1.04. The molecule has 0 atom stereocenters. The summed E-state index contributed by atoms with van der Waals surface area (Å²) >= 11 is 13.9. The number of benzene rings is 2. The molecule has 0 saturated carbocycles. The van der Waals surface area contributed by atoms with Crippen molar-refractivity contribution < 1.29 is 0 Å². The maximum atomic E-state index is 6.83. The predicted molar refractivity (Wildman–Crippen MR) is 94.9 cm³/mol. The zero-order chi connectivity index (χ0) is 15.0.